The number of aromatic nitrogens is 3. The summed E-state index contributed by atoms with van der Waals surface area (Å²) in [6.07, 6.45) is 1.85. The number of benzene rings is 4. The molecule has 4 aromatic carbocycles. The number of hydrogen-bond donors (Lipinski definition) is 0. The Morgan fingerprint density at radius 2 is 1.52 bits per heavy atom. The first kappa shape index (κ1) is 18.1. The molecule has 0 unspecified atom stereocenters. The van der Waals surface area contributed by atoms with Gasteiger partial charge in [0.1, 0.15) is 28.3 Å². The fraction of sp³-hybridized carbons (Fsp3) is 0. The molecule has 3 heterocycles. The quantitative estimate of drug-likeness (QED) is 0.290. The largest absolute Gasteiger partial charge is 0.455 e. The minimum atomic E-state index is -0.312. The van der Waals surface area contributed by atoms with Gasteiger partial charge in [-0.25, -0.2) is 9.37 Å². The molecule has 0 bridgehead atoms. The van der Waals surface area contributed by atoms with E-state index in [0.717, 1.165) is 38.6 Å². The van der Waals surface area contributed by atoms with Gasteiger partial charge < -0.3 is 4.42 Å². The standard InChI is InChI=1S/C28H16FN3O/c29-21-15-14-20(27-25(21)19-11-5-7-13-24(19)33-27)28-31-26-18-10-4-6-12-22(18)30-16-23(26)32(28)17-8-2-1-3-9-17/h1-16H. The van der Waals surface area contributed by atoms with E-state index in [0.29, 0.717) is 22.4 Å². The summed E-state index contributed by atoms with van der Waals surface area (Å²) in [4.78, 5) is 9.75. The van der Waals surface area contributed by atoms with Crippen molar-refractivity contribution >= 4 is 43.9 Å². The fourth-order valence-corrected chi connectivity index (χ4v) is 4.65. The van der Waals surface area contributed by atoms with E-state index in [1.807, 2.05) is 85.1 Å². The van der Waals surface area contributed by atoms with Crippen LogP contribution in [0, 0.1) is 5.82 Å². The van der Waals surface area contributed by atoms with Crippen LogP contribution in [0.3, 0.4) is 0 Å². The number of hydrogen-bond acceptors (Lipinski definition) is 3. The van der Waals surface area contributed by atoms with E-state index in [2.05, 4.69) is 9.55 Å². The first-order valence-corrected chi connectivity index (χ1v) is 10.7. The van der Waals surface area contributed by atoms with E-state index < -0.39 is 0 Å². The van der Waals surface area contributed by atoms with Gasteiger partial charge in [-0.15, -0.1) is 0 Å². The molecule has 0 saturated heterocycles. The van der Waals surface area contributed by atoms with Crippen molar-refractivity contribution in [1.29, 1.82) is 0 Å². The molecule has 4 nitrogen and oxygen atoms in total. The van der Waals surface area contributed by atoms with E-state index in [1.54, 1.807) is 6.07 Å². The molecule has 7 rings (SSSR count). The zero-order chi connectivity index (χ0) is 21.9. The predicted octanol–water partition coefficient (Wildman–Crippen LogP) is 7.28. The van der Waals surface area contributed by atoms with Crippen molar-refractivity contribution in [1.82, 2.24) is 14.5 Å². The topological polar surface area (TPSA) is 43.9 Å². The van der Waals surface area contributed by atoms with E-state index in [1.165, 1.54) is 6.07 Å². The van der Waals surface area contributed by atoms with Crippen LogP contribution in [0.15, 0.2) is 102 Å². The molecule has 0 aliphatic carbocycles. The second-order valence-electron chi connectivity index (χ2n) is 8.01. The molecule has 0 spiro atoms. The van der Waals surface area contributed by atoms with Gasteiger partial charge in [-0.3, -0.25) is 9.55 Å². The van der Waals surface area contributed by atoms with Crippen molar-refractivity contribution in [2.75, 3.05) is 0 Å². The van der Waals surface area contributed by atoms with Gasteiger partial charge in [0.25, 0.3) is 0 Å². The Hall–Kier alpha value is -4.51. The minimum absolute atomic E-state index is 0.312. The lowest BCUT2D eigenvalue weighted by Gasteiger charge is -2.10. The van der Waals surface area contributed by atoms with E-state index in [9.17, 15) is 4.39 Å². The maximum atomic E-state index is 15.0. The Morgan fingerprint density at radius 3 is 2.39 bits per heavy atom. The van der Waals surface area contributed by atoms with Crippen molar-refractivity contribution in [2.45, 2.75) is 0 Å². The van der Waals surface area contributed by atoms with Gasteiger partial charge in [0, 0.05) is 16.5 Å². The average Bonchev–Trinajstić information content (AvgIpc) is 3.44. The summed E-state index contributed by atoms with van der Waals surface area (Å²) in [6, 6.07) is 28.7. The van der Waals surface area contributed by atoms with Crippen LogP contribution in [0.2, 0.25) is 0 Å². The molecule has 3 aromatic heterocycles. The predicted molar refractivity (Wildman–Crippen MR) is 129 cm³/mol. The highest BCUT2D eigenvalue weighted by molar-refractivity contribution is 6.10. The molecule has 0 radical (unpaired) electrons. The lowest BCUT2D eigenvalue weighted by Crippen LogP contribution is -1.98. The van der Waals surface area contributed by atoms with Crippen LogP contribution in [0.25, 0.3) is 61.0 Å². The molecule has 0 aliphatic heterocycles. The third-order valence-corrected chi connectivity index (χ3v) is 6.13. The molecule has 156 valence electrons. The van der Waals surface area contributed by atoms with Gasteiger partial charge in [0.15, 0.2) is 0 Å². The highest BCUT2D eigenvalue weighted by Crippen LogP contribution is 2.39. The Labute approximate surface area is 187 Å². The highest BCUT2D eigenvalue weighted by atomic mass is 19.1. The molecule has 0 amide bonds. The Kier molecular flexibility index (Phi) is 3.70. The number of fused-ring (bicyclic) bond motifs is 6. The van der Waals surface area contributed by atoms with E-state index >= 15 is 0 Å². The van der Waals surface area contributed by atoms with E-state index in [4.69, 9.17) is 9.40 Å². The lowest BCUT2D eigenvalue weighted by atomic mass is 10.1. The zero-order valence-corrected chi connectivity index (χ0v) is 17.4. The molecular weight excluding hydrogens is 413 g/mol. The molecule has 0 fully saturated rings. The van der Waals surface area contributed by atoms with Gasteiger partial charge >= 0.3 is 0 Å². The summed E-state index contributed by atoms with van der Waals surface area (Å²) < 4.78 is 23.2. The van der Waals surface area contributed by atoms with Crippen molar-refractivity contribution in [2.24, 2.45) is 0 Å². The van der Waals surface area contributed by atoms with Gasteiger partial charge in [0.2, 0.25) is 0 Å². The summed E-state index contributed by atoms with van der Waals surface area (Å²) in [5.41, 5.74) is 5.40. The highest BCUT2D eigenvalue weighted by Gasteiger charge is 2.22. The molecule has 0 N–H and O–H groups in total. The SMILES string of the molecule is Fc1ccc(-c2nc3c4ccccc4ncc3n2-c2ccccc2)c2oc3ccccc3c12. The van der Waals surface area contributed by atoms with Crippen LogP contribution in [-0.2, 0) is 0 Å². The Bertz CT molecular complexity index is 1830. The van der Waals surface area contributed by atoms with Crippen LogP contribution >= 0.6 is 0 Å². The first-order valence-electron chi connectivity index (χ1n) is 10.7. The molecular formula is C28H16FN3O. The van der Waals surface area contributed by atoms with Crippen LogP contribution < -0.4 is 0 Å². The van der Waals surface area contributed by atoms with Crippen LogP contribution in [0.5, 0.6) is 0 Å². The maximum absolute atomic E-state index is 15.0. The van der Waals surface area contributed by atoms with Crippen molar-refractivity contribution in [3.63, 3.8) is 0 Å². The normalized spacial score (nSPS) is 11.8. The first-order chi connectivity index (χ1) is 16.3. The number of nitrogens with zero attached hydrogens (tertiary/aromatic N) is 3. The Balaban J connectivity index is 1.66. The summed E-state index contributed by atoms with van der Waals surface area (Å²) in [5.74, 6) is 0.367. The van der Waals surface area contributed by atoms with Crippen molar-refractivity contribution in [3.05, 3.63) is 103 Å². The molecule has 0 atom stereocenters. The van der Waals surface area contributed by atoms with Crippen LogP contribution in [-0.4, -0.2) is 14.5 Å². The van der Waals surface area contributed by atoms with Crippen molar-refractivity contribution < 1.29 is 8.81 Å². The van der Waals surface area contributed by atoms with Gasteiger partial charge in [-0.05, 0) is 36.4 Å². The number of pyridine rings is 1. The van der Waals surface area contributed by atoms with Gasteiger partial charge in [0.05, 0.1) is 28.2 Å². The molecule has 0 aliphatic rings. The number of furan rings is 1. The Morgan fingerprint density at radius 1 is 0.758 bits per heavy atom. The minimum Gasteiger partial charge on any atom is -0.455 e. The van der Waals surface area contributed by atoms with Crippen LogP contribution in [0.4, 0.5) is 4.39 Å². The number of halogens is 1. The smallest absolute Gasteiger partial charge is 0.149 e. The third-order valence-electron chi connectivity index (χ3n) is 6.13. The second kappa shape index (κ2) is 6.74. The number of imidazole rings is 1. The van der Waals surface area contributed by atoms with Gasteiger partial charge in [-0.1, -0.05) is 54.6 Å². The third kappa shape index (κ3) is 2.56. The zero-order valence-electron chi connectivity index (χ0n) is 17.4. The van der Waals surface area contributed by atoms with Crippen molar-refractivity contribution in [3.8, 4) is 17.1 Å². The number of para-hydroxylation sites is 3. The van der Waals surface area contributed by atoms with Crippen LogP contribution in [0.1, 0.15) is 0 Å². The summed E-state index contributed by atoms with van der Waals surface area (Å²) >= 11 is 0. The van der Waals surface area contributed by atoms with Gasteiger partial charge in [-0.2, -0.15) is 0 Å². The summed E-state index contributed by atoms with van der Waals surface area (Å²) in [5, 5.41) is 2.19. The molecule has 0 saturated carbocycles. The summed E-state index contributed by atoms with van der Waals surface area (Å²) in [7, 11) is 0. The fourth-order valence-electron chi connectivity index (χ4n) is 4.65. The number of rotatable bonds is 2. The maximum Gasteiger partial charge on any atom is 0.149 e. The lowest BCUT2D eigenvalue weighted by molar-refractivity contribution is 0.634. The second-order valence-corrected chi connectivity index (χ2v) is 8.01. The molecule has 5 heteroatoms. The van der Waals surface area contributed by atoms with E-state index in [-0.39, 0.29) is 5.82 Å². The monoisotopic (exact) mass is 429 g/mol. The average molecular weight is 429 g/mol. The summed E-state index contributed by atoms with van der Waals surface area (Å²) in [6.45, 7) is 0. The molecule has 7 aromatic rings. The molecule has 33 heavy (non-hydrogen) atoms.